The fraction of sp³-hybridized carbons (Fsp3) is 0.240. The van der Waals surface area contributed by atoms with Gasteiger partial charge in [-0.2, -0.15) is 0 Å². The number of ether oxygens (including phenoxy) is 3. The number of benzene rings is 2. The number of hydrogen-bond acceptors (Lipinski definition) is 6. The van der Waals surface area contributed by atoms with E-state index in [2.05, 4.69) is 10.3 Å². The predicted molar refractivity (Wildman–Crippen MR) is 123 cm³/mol. The predicted octanol–water partition coefficient (Wildman–Crippen LogP) is 3.70. The Balaban J connectivity index is 1.29. The summed E-state index contributed by atoms with van der Waals surface area (Å²) >= 11 is 0. The largest absolute Gasteiger partial charge is 0.494 e. The molecule has 1 aliphatic rings. The van der Waals surface area contributed by atoms with Crippen molar-refractivity contribution in [3.05, 3.63) is 72.4 Å². The maximum atomic E-state index is 12.4. The van der Waals surface area contributed by atoms with Gasteiger partial charge in [-0.05, 0) is 55.0 Å². The molecule has 0 fully saturated rings. The van der Waals surface area contributed by atoms with Crippen LogP contribution in [0.15, 0.2) is 66.9 Å². The van der Waals surface area contributed by atoms with E-state index < -0.39 is 0 Å². The molecule has 0 atom stereocenters. The van der Waals surface area contributed by atoms with Crippen LogP contribution in [-0.4, -0.2) is 36.6 Å². The van der Waals surface area contributed by atoms with Crippen LogP contribution < -0.4 is 24.4 Å². The third-order valence-electron chi connectivity index (χ3n) is 5.02. The lowest BCUT2D eigenvalue weighted by Gasteiger charge is -2.29. The molecule has 8 nitrogen and oxygen atoms in total. The zero-order valence-corrected chi connectivity index (χ0v) is 18.3. The quantitative estimate of drug-likeness (QED) is 0.538. The van der Waals surface area contributed by atoms with Crippen LogP contribution in [0.1, 0.15) is 18.9 Å². The van der Waals surface area contributed by atoms with Gasteiger partial charge in [0, 0.05) is 31.8 Å². The van der Waals surface area contributed by atoms with Gasteiger partial charge in [0.1, 0.15) is 17.2 Å². The Morgan fingerprint density at radius 3 is 2.73 bits per heavy atom. The lowest BCUT2D eigenvalue weighted by Crippen LogP contribution is -2.41. The molecule has 0 bridgehead atoms. The van der Waals surface area contributed by atoms with Crippen LogP contribution in [0.2, 0.25) is 0 Å². The zero-order chi connectivity index (χ0) is 23.0. The van der Waals surface area contributed by atoms with Crippen LogP contribution in [0.4, 0.5) is 5.69 Å². The second kappa shape index (κ2) is 10.5. The first kappa shape index (κ1) is 22.1. The fourth-order valence-electron chi connectivity index (χ4n) is 3.41. The molecule has 1 aliphatic heterocycles. The number of aromatic nitrogens is 1. The molecule has 0 aliphatic carbocycles. The molecule has 8 heteroatoms. The summed E-state index contributed by atoms with van der Waals surface area (Å²) in [4.78, 5) is 30.4. The van der Waals surface area contributed by atoms with Crippen molar-refractivity contribution in [2.45, 2.75) is 19.9 Å². The molecule has 170 valence electrons. The Labute approximate surface area is 192 Å². The summed E-state index contributed by atoms with van der Waals surface area (Å²) in [6.07, 6.45) is 1.81. The summed E-state index contributed by atoms with van der Waals surface area (Å²) < 4.78 is 16.7. The fourth-order valence-corrected chi connectivity index (χ4v) is 3.41. The van der Waals surface area contributed by atoms with Gasteiger partial charge < -0.3 is 24.4 Å². The third-order valence-corrected chi connectivity index (χ3v) is 5.02. The number of hydrogen-bond donors (Lipinski definition) is 1. The Morgan fingerprint density at radius 2 is 1.91 bits per heavy atom. The van der Waals surface area contributed by atoms with E-state index in [1.807, 2.05) is 61.5 Å². The maximum absolute atomic E-state index is 12.4. The van der Waals surface area contributed by atoms with E-state index in [1.54, 1.807) is 17.2 Å². The minimum atomic E-state index is -0.160. The molecule has 1 N–H and O–H groups in total. The van der Waals surface area contributed by atoms with Gasteiger partial charge in [-0.1, -0.05) is 12.1 Å². The highest BCUT2D eigenvalue weighted by Crippen LogP contribution is 2.31. The summed E-state index contributed by atoms with van der Waals surface area (Å²) in [5.41, 5.74) is 1.54. The summed E-state index contributed by atoms with van der Waals surface area (Å²) in [5.74, 6) is 2.18. The molecule has 0 spiro atoms. The number of rotatable bonds is 9. The monoisotopic (exact) mass is 447 g/mol. The first-order valence-corrected chi connectivity index (χ1v) is 10.8. The first-order chi connectivity index (χ1) is 16.1. The summed E-state index contributed by atoms with van der Waals surface area (Å²) in [7, 11) is 0. The number of carbonyl (C=O) groups excluding carboxylic acids is 2. The average molecular weight is 447 g/mol. The molecule has 1 aromatic heterocycles. The molecule has 33 heavy (non-hydrogen) atoms. The van der Waals surface area contributed by atoms with Gasteiger partial charge in [0.2, 0.25) is 11.8 Å². The van der Waals surface area contributed by atoms with E-state index in [-0.39, 0.29) is 31.4 Å². The van der Waals surface area contributed by atoms with Gasteiger partial charge in [-0.15, -0.1) is 0 Å². The van der Waals surface area contributed by atoms with E-state index in [9.17, 15) is 9.59 Å². The second-order valence-corrected chi connectivity index (χ2v) is 7.34. The molecule has 2 aromatic carbocycles. The minimum Gasteiger partial charge on any atom is -0.494 e. The van der Waals surface area contributed by atoms with Crippen LogP contribution in [0.5, 0.6) is 23.1 Å². The van der Waals surface area contributed by atoms with Crippen LogP contribution in [0.25, 0.3) is 0 Å². The number of carbonyl (C=O) groups is 2. The molecule has 0 saturated carbocycles. The molecular weight excluding hydrogens is 422 g/mol. The van der Waals surface area contributed by atoms with E-state index >= 15 is 0 Å². The van der Waals surface area contributed by atoms with Crippen molar-refractivity contribution in [1.82, 2.24) is 10.3 Å². The number of amides is 2. The van der Waals surface area contributed by atoms with Crippen LogP contribution in [-0.2, 0) is 16.1 Å². The molecule has 4 rings (SSSR count). The van der Waals surface area contributed by atoms with Crippen LogP contribution in [0.3, 0.4) is 0 Å². The van der Waals surface area contributed by atoms with Crippen molar-refractivity contribution in [2.75, 3.05) is 24.7 Å². The van der Waals surface area contributed by atoms with Gasteiger partial charge in [-0.25, -0.2) is 4.98 Å². The number of fused-ring (bicyclic) bond motifs is 1. The van der Waals surface area contributed by atoms with Gasteiger partial charge in [0.25, 0.3) is 5.91 Å². The van der Waals surface area contributed by atoms with Crippen molar-refractivity contribution >= 4 is 17.5 Å². The topological polar surface area (TPSA) is 90.0 Å². The van der Waals surface area contributed by atoms with Gasteiger partial charge >= 0.3 is 0 Å². The highest BCUT2D eigenvalue weighted by Gasteiger charge is 2.25. The van der Waals surface area contributed by atoms with Crippen molar-refractivity contribution < 1.29 is 23.8 Å². The summed E-state index contributed by atoms with van der Waals surface area (Å²) in [6.45, 7) is 3.13. The Morgan fingerprint density at radius 1 is 1.12 bits per heavy atom. The highest BCUT2D eigenvalue weighted by atomic mass is 16.5. The SMILES string of the molecule is CCOc1ccc(Oc2cc(CNC(=O)CCN3C(=O)COc4ccccc43)ccn2)cc1. The van der Waals surface area contributed by atoms with Gasteiger partial charge in [-0.3, -0.25) is 9.59 Å². The number of para-hydroxylation sites is 2. The number of nitrogens with zero attached hydrogens (tertiary/aromatic N) is 2. The summed E-state index contributed by atoms with van der Waals surface area (Å²) in [6, 6.07) is 18.2. The van der Waals surface area contributed by atoms with Gasteiger partial charge in [0.15, 0.2) is 6.61 Å². The normalized spacial score (nSPS) is 12.5. The van der Waals surface area contributed by atoms with Crippen molar-refractivity contribution in [3.8, 4) is 23.1 Å². The minimum absolute atomic E-state index is 0.0211. The lowest BCUT2D eigenvalue weighted by molar-refractivity contribution is -0.122. The highest BCUT2D eigenvalue weighted by molar-refractivity contribution is 5.98. The molecule has 2 heterocycles. The Kier molecular flexibility index (Phi) is 7.04. The molecule has 0 saturated heterocycles. The molecule has 0 unspecified atom stereocenters. The molecule has 2 amide bonds. The standard InChI is InChI=1S/C25H25N3O5/c1-2-31-19-7-9-20(10-8-19)33-24-15-18(11-13-26-24)16-27-23(29)12-14-28-21-5-3-4-6-22(21)32-17-25(28)30/h3-11,13,15H,2,12,14,16-17H2,1H3,(H,27,29). The third kappa shape index (κ3) is 5.79. The van der Waals surface area contributed by atoms with Crippen LogP contribution >= 0.6 is 0 Å². The number of pyridine rings is 1. The Bertz CT molecular complexity index is 1120. The van der Waals surface area contributed by atoms with Gasteiger partial charge in [0.05, 0.1) is 12.3 Å². The smallest absolute Gasteiger partial charge is 0.265 e. The molecular formula is C25H25N3O5. The Hall–Kier alpha value is -4.07. The van der Waals surface area contributed by atoms with Crippen molar-refractivity contribution in [1.29, 1.82) is 0 Å². The average Bonchev–Trinajstić information content (AvgIpc) is 2.84. The second-order valence-electron chi connectivity index (χ2n) is 7.34. The van der Waals surface area contributed by atoms with Crippen molar-refractivity contribution in [2.24, 2.45) is 0 Å². The molecule has 0 radical (unpaired) electrons. The van der Waals surface area contributed by atoms with E-state index in [0.29, 0.717) is 36.2 Å². The van der Waals surface area contributed by atoms with Crippen molar-refractivity contribution in [3.63, 3.8) is 0 Å². The molecule has 3 aromatic rings. The van der Waals surface area contributed by atoms with Crippen LogP contribution in [0, 0.1) is 0 Å². The van der Waals surface area contributed by atoms with E-state index in [4.69, 9.17) is 14.2 Å². The lowest BCUT2D eigenvalue weighted by atomic mass is 10.2. The van der Waals surface area contributed by atoms with E-state index in [0.717, 1.165) is 11.3 Å². The zero-order valence-electron chi connectivity index (χ0n) is 18.3. The number of nitrogens with one attached hydrogen (secondary N) is 1. The first-order valence-electron chi connectivity index (χ1n) is 10.8. The van der Waals surface area contributed by atoms with E-state index in [1.165, 1.54) is 0 Å². The summed E-state index contributed by atoms with van der Waals surface area (Å²) in [5, 5.41) is 2.88. The maximum Gasteiger partial charge on any atom is 0.265 e. The number of anilines is 1.